The van der Waals surface area contributed by atoms with Gasteiger partial charge < -0.3 is 4.90 Å². The van der Waals surface area contributed by atoms with Gasteiger partial charge in [0, 0.05) is 25.5 Å². The highest BCUT2D eigenvalue weighted by molar-refractivity contribution is 7.16. The molecule has 1 aromatic heterocycles. The van der Waals surface area contributed by atoms with E-state index in [-0.39, 0.29) is 5.91 Å². The largest absolute Gasteiger partial charge is 0.348 e. The van der Waals surface area contributed by atoms with Gasteiger partial charge in [-0.15, -0.1) is 11.3 Å². The Hall–Kier alpha value is -0.580. The summed E-state index contributed by atoms with van der Waals surface area (Å²) in [7, 11) is 3.55. The molecule has 0 fully saturated rings. The Morgan fingerprint density at radius 3 is 2.56 bits per heavy atom. The molecule has 16 heavy (non-hydrogen) atoms. The molecule has 0 saturated carbocycles. The van der Waals surface area contributed by atoms with Gasteiger partial charge in [0.1, 0.15) is 0 Å². The summed E-state index contributed by atoms with van der Waals surface area (Å²) in [6, 6.07) is 3.90. The highest BCUT2D eigenvalue weighted by Gasteiger charge is 2.11. The monoisotopic (exact) mass is 260 g/mol. The highest BCUT2D eigenvalue weighted by Crippen LogP contribution is 2.22. The minimum Gasteiger partial charge on any atom is -0.348 e. The lowest BCUT2D eigenvalue weighted by Gasteiger charge is -2.21. The number of carbonyl (C=O) groups excluding carboxylic acids is 1. The van der Waals surface area contributed by atoms with E-state index in [2.05, 4.69) is 11.8 Å². The van der Waals surface area contributed by atoms with Crippen molar-refractivity contribution in [3.63, 3.8) is 0 Å². The SMILES string of the molecule is CCN(CC(=O)N(C)C)Cc1ccc(Cl)s1. The third-order valence-corrected chi connectivity index (χ3v) is 3.53. The summed E-state index contributed by atoms with van der Waals surface area (Å²) in [5.74, 6) is 0.129. The van der Waals surface area contributed by atoms with Crippen molar-refractivity contribution in [2.45, 2.75) is 13.5 Å². The molecule has 0 aliphatic carbocycles. The Kier molecular flexibility index (Phi) is 5.25. The molecule has 1 amide bonds. The van der Waals surface area contributed by atoms with Crippen LogP contribution >= 0.6 is 22.9 Å². The molecular formula is C11H17ClN2OS. The highest BCUT2D eigenvalue weighted by atomic mass is 35.5. The lowest BCUT2D eigenvalue weighted by molar-refractivity contribution is -0.130. The van der Waals surface area contributed by atoms with Gasteiger partial charge in [-0.3, -0.25) is 9.69 Å². The van der Waals surface area contributed by atoms with Crippen LogP contribution in [0.3, 0.4) is 0 Å². The van der Waals surface area contributed by atoms with E-state index in [4.69, 9.17) is 11.6 Å². The summed E-state index contributed by atoms with van der Waals surface area (Å²) < 4.78 is 0.796. The van der Waals surface area contributed by atoms with Crippen LogP contribution in [0.1, 0.15) is 11.8 Å². The van der Waals surface area contributed by atoms with Crippen LogP contribution in [0.25, 0.3) is 0 Å². The predicted octanol–water partition coefficient (Wildman–Crippen LogP) is 2.31. The Labute approximate surface area is 106 Å². The smallest absolute Gasteiger partial charge is 0.236 e. The summed E-state index contributed by atoms with van der Waals surface area (Å²) >= 11 is 7.43. The number of rotatable bonds is 5. The zero-order valence-electron chi connectivity index (χ0n) is 9.86. The van der Waals surface area contributed by atoms with Crippen molar-refractivity contribution >= 4 is 28.8 Å². The van der Waals surface area contributed by atoms with Crippen LogP contribution in [-0.2, 0) is 11.3 Å². The lowest BCUT2D eigenvalue weighted by atomic mass is 10.4. The first kappa shape index (κ1) is 13.5. The molecule has 0 spiro atoms. The summed E-state index contributed by atoms with van der Waals surface area (Å²) in [6.45, 7) is 4.15. The third kappa shape index (κ3) is 4.12. The summed E-state index contributed by atoms with van der Waals surface area (Å²) in [5.41, 5.74) is 0. The number of carbonyl (C=O) groups is 1. The Morgan fingerprint density at radius 1 is 1.44 bits per heavy atom. The fraction of sp³-hybridized carbons (Fsp3) is 0.545. The quantitative estimate of drug-likeness (QED) is 0.811. The molecular weight excluding hydrogens is 244 g/mol. The second-order valence-electron chi connectivity index (χ2n) is 3.80. The van der Waals surface area contributed by atoms with Gasteiger partial charge in [0.2, 0.25) is 5.91 Å². The number of nitrogens with zero attached hydrogens (tertiary/aromatic N) is 2. The van der Waals surface area contributed by atoms with E-state index in [1.807, 2.05) is 12.1 Å². The van der Waals surface area contributed by atoms with E-state index in [0.29, 0.717) is 6.54 Å². The molecule has 0 unspecified atom stereocenters. The number of hydrogen-bond donors (Lipinski definition) is 0. The van der Waals surface area contributed by atoms with E-state index >= 15 is 0 Å². The first-order valence-electron chi connectivity index (χ1n) is 5.19. The standard InChI is InChI=1S/C11H17ClN2OS/c1-4-14(8-11(15)13(2)3)7-9-5-6-10(12)16-9/h5-6H,4,7-8H2,1-3H3. The van der Waals surface area contributed by atoms with Crippen LogP contribution in [0.15, 0.2) is 12.1 Å². The van der Waals surface area contributed by atoms with E-state index in [0.717, 1.165) is 17.4 Å². The van der Waals surface area contributed by atoms with Gasteiger partial charge in [0.25, 0.3) is 0 Å². The van der Waals surface area contributed by atoms with Crippen molar-refractivity contribution in [2.75, 3.05) is 27.2 Å². The van der Waals surface area contributed by atoms with Crippen LogP contribution in [-0.4, -0.2) is 42.9 Å². The van der Waals surface area contributed by atoms with E-state index in [1.165, 1.54) is 4.88 Å². The normalized spacial score (nSPS) is 10.8. The van der Waals surface area contributed by atoms with Gasteiger partial charge in [-0.2, -0.15) is 0 Å². The molecule has 3 nitrogen and oxygen atoms in total. The average Bonchev–Trinajstić information content (AvgIpc) is 2.62. The van der Waals surface area contributed by atoms with E-state index in [1.54, 1.807) is 30.3 Å². The van der Waals surface area contributed by atoms with E-state index in [9.17, 15) is 4.79 Å². The summed E-state index contributed by atoms with van der Waals surface area (Å²) in [6.07, 6.45) is 0. The Bertz CT molecular complexity index is 352. The molecule has 0 bridgehead atoms. The molecule has 1 aromatic rings. The molecule has 0 saturated heterocycles. The summed E-state index contributed by atoms with van der Waals surface area (Å²) in [5, 5.41) is 0. The fourth-order valence-electron chi connectivity index (χ4n) is 1.27. The van der Waals surface area contributed by atoms with Gasteiger partial charge in [-0.1, -0.05) is 18.5 Å². The molecule has 0 aliphatic rings. The van der Waals surface area contributed by atoms with Crippen LogP contribution in [0.2, 0.25) is 4.34 Å². The minimum atomic E-state index is 0.129. The number of halogens is 1. The predicted molar refractivity (Wildman–Crippen MR) is 69.0 cm³/mol. The van der Waals surface area contributed by atoms with E-state index < -0.39 is 0 Å². The first-order chi connectivity index (χ1) is 7.52. The maximum absolute atomic E-state index is 11.6. The van der Waals surface area contributed by atoms with Crippen molar-refractivity contribution in [1.82, 2.24) is 9.80 Å². The van der Waals surface area contributed by atoms with Crippen LogP contribution < -0.4 is 0 Å². The van der Waals surface area contributed by atoms with Crippen molar-refractivity contribution in [1.29, 1.82) is 0 Å². The molecule has 1 rings (SSSR count). The average molecular weight is 261 g/mol. The van der Waals surface area contributed by atoms with Crippen molar-refractivity contribution in [2.24, 2.45) is 0 Å². The zero-order valence-corrected chi connectivity index (χ0v) is 11.4. The molecule has 0 aromatic carbocycles. The minimum absolute atomic E-state index is 0.129. The maximum atomic E-state index is 11.6. The number of likely N-dealkylation sites (N-methyl/N-ethyl adjacent to an activating group) is 2. The lowest BCUT2D eigenvalue weighted by Crippen LogP contribution is -2.36. The van der Waals surface area contributed by atoms with Crippen molar-refractivity contribution in [3.8, 4) is 0 Å². The Morgan fingerprint density at radius 2 is 2.12 bits per heavy atom. The molecule has 0 radical (unpaired) electrons. The number of hydrogen-bond acceptors (Lipinski definition) is 3. The van der Waals surface area contributed by atoms with Gasteiger partial charge in [-0.25, -0.2) is 0 Å². The second-order valence-corrected chi connectivity index (χ2v) is 5.60. The van der Waals surface area contributed by atoms with Crippen LogP contribution in [0.4, 0.5) is 0 Å². The molecule has 0 atom stereocenters. The number of thiophene rings is 1. The fourth-order valence-corrected chi connectivity index (χ4v) is 2.40. The van der Waals surface area contributed by atoms with Gasteiger partial charge >= 0.3 is 0 Å². The second kappa shape index (κ2) is 6.23. The van der Waals surface area contributed by atoms with Gasteiger partial charge in [0.15, 0.2) is 0 Å². The topological polar surface area (TPSA) is 23.6 Å². The molecule has 90 valence electrons. The first-order valence-corrected chi connectivity index (χ1v) is 6.39. The number of amides is 1. The zero-order chi connectivity index (χ0) is 12.1. The van der Waals surface area contributed by atoms with Gasteiger partial charge in [0.05, 0.1) is 10.9 Å². The van der Waals surface area contributed by atoms with Crippen molar-refractivity contribution < 1.29 is 4.79 Å². The van der Waals surface area contributed by atoms with Crippen LogP contribution in [0.5, 0.6) is 0 Å². The molecule has 1 heterocycles. The molecule has 0 N–H and O–H groups in total. The molecule has 0 aliphatic heterocycles. The maximum Gasteiger partial charge on any atom is 0.236 e. The Balaban J connectivity index is 2.52. The third-order valence-electron chi connectivity index (χ3n) is 2.31. The van der Waals surface area contributed by atoms with Crippen molar-refractivity contribution in [3.05, 3.63) is 21.3 Å². The van der Waals surface area contributed by atoms with Crippen LogP contribution in [0, 0.1) is 0 Å². The molecule has 5 heteroatoms. The summed E-state index contributed by atoms with van der Waals surface area (Å²) in [4.78, 5) is 16.5. The van der Waals surface area contributed by atoms with Gasteiger partial charge in [-0.05, 0) is 18.7 Å².